The third kappa shape index (κ3) is 3.68. The monoisotopic (exact) mass is 200 g/mol. The molecule has 0 heterocycles. The zero-order valence-corrected chi connectivity index (χ0v) is 7.78. The molecule has 0 spiro atoms. The molecule has 66 valence electrons. The average molecular weight is 201 g/mol. The Balaban J connectivity index is 0.000000218. The van der Waals surface area contributed by atoms with Crippen molar-refractivity contribution in [1.82, 2.24) is 0 Å². The second-order valence-corrected chi connectivity index (χ2v) is 4.53. The molecule has 5 heteroatoms. The van der Waals surface area contributed by atoms with E-state index >= 15 is 0 Å². The van der Waals surface area contributed by atoms with Crippen LogP contribution in [-0.4, -0.2) is 20.7 Å². The van der Waals surface area contributed by atoms with Crippen molar-refractivity contribution in [1.29, 1.82) is 0 Å². The highest BCUT2D eigenvalue weighted by atomic mass is 35.5. The summed E-state index contributed by atoms with van der Waals surface area (Å²) in [4.78, 5) is 8.56. The lowest BCUT2D eigenvalue weighted by Crippen LogP contribution is -1.96. The van der Waals surface area contributed by atoms with Gasteiger partial charge >= 0.3 is 6.16 Å². The van der Waals surface area contributed by atoms with Crippen molar-refractivity contribution in [2.45, 2.75) is 24.6 Å². The highest BCUT2D eigenvalue weighted by molar-refractivity contribution is 6.51. The van der Waals surface area contributed by atoms with Gasteiger partial charge in [-0.3, -0.25) is 0 Å². The van der Waals surface area contributed by atoms with Crippen LogP contribution in [0.2, 0.25) is 0 Å². The summed E-state index contributed by atoms with van der Waals surface area (Å²) in [5.74, 6) is 0. The minimum absolute atomic E-state index is 0.177. The molecule has 1 fully saturated rings. The van der Waals surface area contributed by atoms with Crippen LogP contribution in [0, 0.1) is 5.41 Å². The SMILES string of the molecule is CC1(C)CC1(Cl)Cl.O=C(O)O. The first-order valence-electron chi connectivity index (χ1n) is 2.99. The maximum Gasteiger partial charge on any atom is 0.503 e. The molecular formula is C6H10Cl2O3. The van der Waals surface area contributed by atoms with E-state index in [1.807, 2.05) is 0 Å². The topological polar surface area (TPSA) is 57.5 Å². The molecule has 0 aromatic rings. The fraction of sp³-hybridized carbons (Fsp3) is 0.833. The predicted molar refractivity (Wildman–Crippen MR) is 43.5 cm³/mol. The standard InChI is InChI=1S/C5H8Cl2.CH2O3/c1-4(2)3-5(4,6)7;2-1(3)4/h3H2,1-2H3;(H2,2,3,4). The molecule has 1 rings (SSSR count). The molecule has 0 aromatic heterocycles. The van der Waals surface area contributed by atoms with E-state index in [9.17, 15) is 0 Å². The summed E-state index contributed by atoms with van der Waals surface area (Å²) in [6, 6.07) is 0. The number of alkyl halides is 2. The van der Waals surface area contributed by atoms with Crippen LogP contribution in [0.5, 0.6) is 0 Å². The Morgan fingerprint density at radius 2 is 1.45 bits per heavy atom. The number of hydrogen-bond acceptors (Lipinski definition) is 1. The Morgan fingerprint density at radius 3 is 1.45 bits per heavy atom. The van der Waals surface area contributed by atoms with Gasteiger partial charge in [0.25, 0.3) is 0 Å². The molecule has 0 aromatic carbocycles. The van der Waals surface area contributed by atoms with E-state index < -0.39 is 10.5 Å². The summed E-state index contributed by atoms with van der Waals surface area (Å²) in [7, 11) is 0. The lowest BCUT2D eigenvalue weighted by Gasteiger charge is -1.99. The lowest BCUT2D eigenvalue weighted by atomic mass is 10.2. The Kier molecular flexibility index (Phi) is 3.03. The van der Waals surface area contributed by atoms with Crippen molar-refractivity contribution in [3.05, 3.63) is 0 Å². The summed E-state index contributed by atoms with van der Waals surface area (Å²) in [6.45, 7) is 4.12. The Hall–Kier alpha value is -0.150. The van der Waals surface area contributed by atoms with E-state index in [2.05, 4.69) is 13.8 Å². The third-order valence-corrected chi connectivity index (χ3v) is 2.82. The largest absolute Gasteiger partial charge is 0.503 e. The first-order valence-corrected chi connectivity index (χ1v) is 3.74. The quantitative estimate of drug-likeness (QED) is 0.592. The van der Waals surface area contributed by atoms with Gasteiger partial charge in [-0.15, -0.1) is 23.2 Å². The highest BCUT2D eigenvalue weighted by Gasteiger charge is 2.59. The molecule has 3 nitrogen and oxygen atoms in total. The second-order valence-electron chi connectivity index (χ2n) is 3.05. The molecule has 0 saturated heterocycles. The lowest BCUT2D eigenvalue weighted by molar-refractivity contribution is 0.137. The Bertz CT molecular complexity index is 149. The normalized spacial score (nSPS) is 22.9. The van der Waals surface area contributed by atoms with Crippen molar-refractivity contribution < 1.29 is 15.0 Å². The van der Waals surface area contributed by atoms with Crippen molar-refractivity contribution in [2.24, 2.45) is 5.41 Å². The van der Waals surface area contributed by atoms with Crippen LogP contribution in [0.3, 0.4) is 0 Å². The van der Waals surface area contributed by atoms with Crippen molar-refractivity contribution >= 4 is 29.4 Å². The zero-order chi connectivity index (χ0) is 9.28. The van der Waals surface area contributed by atoms with Gasteiger partial charge in [-0.05, 0) is 6.42 Å². The summed E-state index contributed by atoms with van der Waals surface area (Å²) < 4.78 is -0.410. The molecule has 11 heavy (non-hydrogen) atoms. The van der Waals surface area contributed by atoms with Gasteiger partial charge in [-0.1, -0.05) is 13.8 Å². The van der Waals surface area contributed by atoms with E-state index in [-0.39, 0.29) is 5.41 Å². The minimum Gasteiger partial charge on any atom is -0.450 e. The van der Waals surface area contributed by atoms with Gasteiger partial charge in [-0.25, -0.2) is 4.79 Å². The number of carboxylic acid groups (broad SMARTS) is 2. The molecule has 0 amide bonds. The van der Waals surface area contributed by atoms with Gasteiger partial charge in [-0.2, -0.15) is 0 Å². The minimum atomic E-state index is -1.83. The molecule has 0 aliphatic heterocycles. The van der Waals surface area contributed by atoms with Gasteiger partial charge < -0.3 is 10.2 Å². The molecule has 0 bridgehead atoms. The smallest absolute Gasteiger partial charge is 0.450 e. The first-order chi connectivity index (χ1) is 4.69. The average Bonchev–Trinajstić information content (AvgIpc) is 1.98. The molecule has 1 aliphatic carbocycles. The van der Waals surface area contributed by atoms with Gasteiger partial charge in [0.2, 0.25) is 0 Å². The van der Waals surface area contributed by atoms with Crippen molar-refractivity contribution in [3.63, 3.8) is 0 Å². The fourth-order valence-electron chi connectivity index (χ4n) is 0.511. The van der Waals surface area contributed by atoms with Crippen LogP contribution in [0.4, 0.5) is 4.79 Å². The Labute approximate surface area is 74.9 Å². The van der Waals surface area contributed by atoms with Crippen LogP contribution in [0.1, 0.15) is 20.3 Å². The summed E-state index contributed by atoms with van der Waals surface area (Å²) in [6.07, 6.45) is -0.900. The van der Waals surface area contributed by atoms with E-state index in [1.54, 1.807) is 0 Å². The molecule has 2 N–H and O–H groups in total. The summed E-state index contributed by atoms with van der Waals surface area (Å²) >= 11 is 11.4. The van der Waals surface area contributed by atoms with Crippen LogP contribution in [0.25, 0.3) is 0 Å². The maximum absolute atomic E-state index is 8.56. The molecule has 1 saturated carbocycles. The number of carbonyl (C=O) groups is 1. The van der Waals surface area contributed by atoms with Crippen LogP contribution in [-0.2, 0) is 0 Å². The highest BCUT2D eigenvalue weighted by Crippen LogP contribution is 2.63. The second kappa shape index (κ2) is 3.07. The summed E-state index contributed by atoms with van der Waals surface area (Å²) in [5, 5.41) is 13.9. The van der Waals surface area contributed by atoms with Gasteiger partial charge in [0.05, 0.1) is 0 Å². The molecule has 0 unspecified atom stereocenters. The van der Waals surface area contributed by atoms with Gasteiger partial charge in [0.15, 0.2) is 0 Å². The van der Waals surface area contributed by atoms with E-state index in [0.29, 0.717) is 0 Å². The van der Waals surface area contributed by atoms with Crippen molar-refractivity contribution in [3.8, 4) is 0 Å². The third-order valence-electron chi connectivity index (χ3n) is 1.53. The van der Waals surface area contributed by atoms with Gasteiger partial charge in [0, 0.05) is 5.41 Å². The Morgan fingerprint density at radius 1 is 1.36 bits per heavy atom. The van der Waals surface area contributed by atoms with Crippen LogP contribution >= 0.6 is 23.2 Å². The van der Waals surface area contributed by atoms with Crippen LogP contribution < -0.4 is 0 Å². The number of hydrogen-bond donors (Lipinski definition) is 2. The predicted octanol–water partition coefficient (Wildman–Crippen LogP) is 2.81. The number of rotatable bonds is 0. The molecule has 0 atom stereocenters. The first kappa shape index (κ1) is 10.8. The van der Waals surface area contributed by atoms with Crippen molar-refractivity contribution in [2.75, 3.05) is 0 Å². The van der Waals surface area contributed by atoms with Gasteiger partial charge in [0.1, 0.15) is 4.33 Å². The molecular weight excluding hydrogens is 191 g/mol. The van der Waals surface area contributed by atoms with E-state index in [0.717, 1.165) is 6.42 Å². The molecule has 1 aliphatic rings. The maximum atomic E-state index is 8.56. The van der Waals surface area contributed by atoms with E-state index in [4.69, 9.17) is 38.2 Å². The summed E-state index contributed by atoms with van der Waals surface area (Å²) in [5.41, 5.74) is 0.177. The van der Waals surface area contributed by atoms with Crippen LogP contribution in [0.15, 0.2) is 0 Å². The zero-order valence-electron chi connectivity index (χ0n) is 6.27. The van der Waals surface area contributed by atoms with E-state index in [1.165, 1.54) is 0 Å². The fourth-order valence-corrected chi connectivity index (χ4v) is 1.18. The number of halogens is 2. The molecule has 0 radical (unpaired) electrons.